The molecule has 0 heterocycles. The molecule has 0 fully saturated rings. The van der Waals surface area contributed by atoms with E-state index in [0.29, 0.717) is 11.3 Å². The number of thiocarbonyl (C=S) groups is 1. The molecule has 44 heavy (non-hydrogen) atoms. The molecule has 0 aromatic heterocycles. The van der Waals surface area contributed by atoms with Crippen LogP contribution in [0.2, 0.25) is 0 Å². The molecule has 11 nitrogen and oxygen atoms in total. The van der Waals surface area contributed by atoms with Crippen LogP contribution >= 0.6 is 12.2 Å². The minimum absolute atomic E-state index is 0.0512. The van der Waals surface area contributed by atoms with Crippen molar-refractivity contribution in [2.75, 3.05) is 29.6 Å². The van der Waals surface area contributed by atoms with Crippen LogP contribution in [0.15, 0.2) is 71.2 Å². The van der Waals surface area contributed by atoms with Crippen molar-refractivity contribution in [3.63, 3.8) is 0 Å². The van der Waals surface area contributed by atoms with Gasteiger partial charge in [-0.1, -0.05) is 36.4 Å². The average molecular weight is 615 g/mol. The van der Waals surface area contributed by atoms with E-state index in [-0.39, 0.29) is 41.2 Å². The number of allylic oxidation sites excluding steroid dienone is 2. The molecule has 8 N–H and O–H groups in total. The number of carbonyl (C=O) groups is 3. The molecule has 0 unspecified atom stereocenters. The Kier molecular flexibility index (Phi) is 6.86. The zero-order chi connectivity index (χ0) is 31.7. The van der Waals surface area contributed by atoms with E-state index >= 15 is 0 Å². The van der Waals surface area contributed by atoms with E-state index in [2.05, 4.69) is 10.6 Å². The Morgan fingerprint density at radius 2 is 1.70 bits per heavy atom. The van der Waals surface area contributed by atoms with Crippen LogP contribution in [-0.4, -0.2) is 62.7 Å². The number of amides is 1. The first-order valence-corrected chi connectivity index (χ1v) is 14.3. The number of fused-ring (bicyclic) bond motifs is 4. The molecule has 0 saturated heterocycles. The van der Waals surface area contributed by atoms with Gasteiger partial charge in [0.1, 0.15) is 17.1 Å². The van der Waals surface area contributed by atoms with Crippen LogP contribution in [0.25, 0.3) is 10.8 Å². The van der Waals surface area contributed by atoms with Gasteiger partial charge >= 0.3 is 0 Å². The highest BCUT2D eigenvalue weighted by atomic mass is 32.1. The number of nitrogens with two attached hydrogens (primary N) is 1. The number of phenolic OH excluding ortho intramolecular Hbond substituents is 1. The number of aromatic hydroxyl groups is 1. The molecule has 0 bridgehead atoms. The van der Waals surface area contributed by atoms with Crippen molar-refractivity contribution in [1.29, 1.82) is 0 Å². The quantitative estimate of drug-likeness (QED) is 0.129. The number of phenols is 1. The van der Waals surface area contributed by atoms with Gasteiger partial charge in [-0.3, -0.25) is 14.4 Å². The van der Waals surface area contributed by atoms with Gasteiger partial charge < -0.3 is 41.7 Å². The van der Waals surface area contributed by atoms with Gasteiger partial charge in [0.25, 0.3) is 5.91 Å². The third-order valence-corrected chi connectivity index (χ3v) is 9.01. The van der Waals surface area contributed by atoms with Gasteiger partial charge in [0.2, 0.25) is 5.78 Å². The number of anilines is 3. The maximum atomic E-state index is 14.1. The van der Waals surface area contributed by atoms with Crippen molar-refractivity contribution in [1.82, 2.24) is 0 Å². The smallest absolute Gasteiger partial charge is 0.255 e. The number of primary amides is 1. The summed E-state index contributed by atoms with van der Waals surface area (Å²) in [6.07, 6.45) is -0.0464. The van der Waals surface area contributed by atoms with E-state index in [1.807, 2.05) is 42.5 Å². The first-order chi connectivity index (χ1) is 20.8. The van der Waals surface area contributed by atoms with Crippen LogP contribution in [0.5, 0.6) is 5.75 Å². The summed E-state index contributed by atoms with van der Waals surface area (Å²) in [5.74, 6) is -6.82. The van der Waals surface area contributed by atoms with Crippen molar-refractivity contribution in [3.05, 3.63) is 82.3 Å². The summed E-state index contributed by atoms with van der Waals surface area (Å²) in [5, 5.41) is 52.9. The topological polar surface area (TPSA) is 185 Å². The standard InChI is InChI=1S/C32H30N4O7S/c1-36(2)21-13-20(35-31(44)34-19-9-5-7-14-6-3-4-8-17(14)19)26(38)24-18(21)11-15-10-16-12-22(37)25(30(33)42)29(41)32(16,43)28(40)23(15)27(24)39/h3-9,13,15-16,37-38,40,43H,10-12H2,1-2H3,(H2,33,42)(H2,34,35,44)/t15-,16+,32+/m1/s1. The number of Topliss-reactive ketones (excluding diaryl/α,β-unsaturated/α-hetero) is 2. The number of nitrogens with zero attached hydrogens (tertiary/aromatic N) is 1. The molecule has 1 amide bonds. The van der Waals surface area contributed by atoms with E-state index in [9.17, 15) is 34.8 Å². The van der Waals surface area contributed by atoms with Gasteiger partial charge in [0.15, 0.2) is 22.2 Å². The number of hydrogen-bond donors (Lipinski definition) is 7. The summed E-state index contributed by atoms with van der Waals surface area (Å²) in [6, 6.07) is 15.1. The van der Waals surface area contributed by atoms with Crippen molar-refractivity contribution >= 4 is 62.6 Å². The molecule has 0 aliphatic heterocycles. The molecule has 226 valence electrons. The number of aliphatic hydroxyl groups excluding tert-OH is 2. The Morgan fingerprint density at radius 3 is 2.41 bits per heavy atom. The van der Waals surface area contributed by atoms with Gasteiger partial charge in [-0.15, -0.1) is 0 Å². The third-order valence-electron chi connectivity index (χ3n) is 8.81. The Morgan fingerprint density at radius 1 is 1.02 bits per heavy atom. The minimum Gasteiger partial charge on any atom is -0.511 e. The first kappa shape index (κ1) is 29.1. The van der Waals surface area contributed by atoms with Crippen LogP contribution in [-0.2, 0) is 16.0 Å². The highest BCUT2D eigenvalue weighted by Crippen LogP contribution is 2.53. The molecule has 3 atom stereocenters. The highest BCUT2D eigenvalue weighted by Gasteiger charge is 2.59. The number of rotatable bonds is 4. The maximum Gasteiger partial charge on any atom is 0.255 e. The Labute approximate surface area is 257 Å². The molecule has 3 aromatic rings. The lowest BCUT2D eigenvalue weighted by atomic mass is 9.60. The maximum absolute atomic E-state index is 14.1. The van der Waals surface area contributed by atoms with Crippen LogP contribution in [0.4, 0.5) is 17.1 Å². The molecule has 3 aliphatic rings. The van der Waals surface area contributed by atoms with E-state index in [1.165, 1.54) is 0 Å². The zero-order valence-corrected chi connectivity index (χ0v) is 24.7. The lowest BCUT2D eigenvalue weighted by molar-refractivity contribution is -0.144. The lowest BCUT2D eigenvalue weighted by Gasteiger charge is -2.46. The van der Waals surface area contributed by atoms with Gasteiger partial charge in [-0.25, -0.2) is 0 Å². The van der Waals surface area contributed by atoms with Gasteiger partial charge in [-0.2, -0.15) is 0 Å². The summed E-state index contributed by atoms with van der Waals surface area (Å²) in [6.45, 7) is 0. The molecule has 3 aromatic carbocycles. The monoisotopic (exact) mass is 614 g/mol. The number of ketones is 2. The summed E-state index contributed by atoms with van der Waals surface area (Å²) in [4.78, 5) is 41.0. The Balaban J connectivity index is 1.41. The van der Waals surface area contributed by atoms with Gasteiger partial charge in [-0.05, 0) is 54.1 Å². The fourth-order valence-corrected chi connectivity index (χ4v) is 6.99. The van der Waals surface area contributed by atoms with Crippen molar-refractivity contribution in [2.24, 2.45) is 17.6 Å². The second-order valence-corrected chi connectivity index (χ2v) is 12.0. The fourth-order valence-electron chi connectivity index (χ4n) is 6.77. The molecule has 6 rings (SSSR count). The summed E-state index contributed by atoms with van der Waals surface area (Å²) in [5.41, 5.74) is 3.49. The molecule has 0 saturated carbocycles. The molecule has 3 aliphatic carbocycles. The number of nitrogens with one attached hydrogen (secondary N) is 2. The predicted octanol–water partition coefficient (Wildman–Crippen LogP) is 3.61. The molecular formula is C32H30N4O7S. The summed E-state index contributed by atoms with van der Waals surface area (Å²) >= 11 is 5.56. The van der Waals surface area contributed by atoms with Crippen molar-refractivity contribution < 1.29 is 34.8 Å². The first-order valence-electron chi connectivity index (χ1n) is 13.9. The van der Waals surface area contributed by atoms with E-state index in [4.69, 9.17) is 18.0 Å². The summed E-state index contributed by atoms with van der Waals surface area (Å²) < 4.78 is 0. The largest absolute Gasteiger partial charge is 0.511 e. The van der Waals surface area contributed by atoms with Crippen LogP contribution in [0.1, 0.15) is 28.8 Å². The van der Waals surface area contributed by atoms with Crippen LogP contribution < -0.4 is 21.3 Å². The Bertz CT molecular complexity index is 1880. The normalized spacial score (nSPS) is 22.7. The molecule has 0 radical (unpaired) electrons. The minimum atomic E-state index is -2.63. The van der Waals surface area contributed by atoms with Crippen LogP contribution in [0, 0.1) is 11.8 Å². The molecular weight excluding hydrogens is 584 g/mol. The third kappa shape index (κ3) is 4.28. The lowest BCUT2D eigenvalue weighted by Crippen LogP contribution is -2.57. The van der Waals surface area contributed by atoms with Crippen molar-refractivity contribution in [2.45, 2.75) is 24.9 Å². The molecule has 12 heteroatoms. The molecule has 0 spiro atoms. The van der Waals surface area contributed by atoms with E-state index < -0.39 is 57.8 Å². The zero-order valence-electron chi connectivity index (χ0n) is 23.8. The average Bonchev–Trinajstić information content (AvgIpc) is 2.96. The predicted molar refractivity (Wildman–Crippen MR) is 169 cm³/mol. The SMILES string of the molecule is CN(C)c1cc(NC(=S)Nc2cccc3ccccc23)c(O)c2c1C[C@H]1C[C@H]3CC(O)=C(C(N)=O)C(=O)[C@@]3(O)C(O)=C1C2=O. The van der Waals surface area contributed by atoms with Crippen LogP contribution in [0.3, 0.4) is 0 Å². The van der Waals surface area contributed by atoms with Gasteiger partial charge in [0.05, 0.1) is 11.3 Å². The number of benzene rings is 3. The number of aliphatic hydroxyl groups is 3. The highest BCUT2D eigenvalue weighted by molar-refractivity contribution is 7.80. The van der Waals surface area contributed by atoms with E-state index in [1.54, 1.807) is 25.1 Å². The Hall–Kier alpha value is -4.94. The summed E-state index contributed by atoms with van der Waals surface area (Å²) in [7, 11) is 3.56. The fraction of sp³-hybridized carbons (Fsp3) is 0.250. The van der Waals surface area contributed by atoms with E-state index in [0.717, 1.165) is 16.5 Å². The van der Waals surface area contributed by atoms with Crippen molar-refractivity contribution in [3.8, 4) is 5.75 Å². The number of hydrogen-bond acceptors (Lipinski definition) is 9. The second-order valence-electron chi connectivity index (χ2n) is 11.6. The van der Waals surface area contributed by atoms with Gasteiger partial charge in [0, 0.05) is 48.8 Å². The second kappa shape index (κ2) is 10.4. The number of carbonyl (C=O) groups excluding carboxylic acids is 3.